The molecule has 2 heteroatoms. The zero-order valence-electron chi connectivity index (χ0n) is 10.5. The van der Waals surface area contributed by atoms with Gasteiger partial charge in [0.05, 0.1) is 0 Å². The SMILES string of the molecule is CCC1CCCC2=C1C(=O)c1ccccc1C2=O. The van der Waals surface area contributed by atoms with Crippen LogP contribution < -0.4 is 0 Å². The van der Waals surface area contributed by atoms with Crippen molar-refractivity contribution in [3.8, 4) is 0 Å². The second-order valence-electron chi connectivity index (χ2n) is 5.09. The summed E-state index contributed by atoms with van der Waals surface area (Å²) in [4.78, 5) is 25.0. The fourth-order valence-electron chi connectivity index (χ4n) is 3.20. The molecule has 2 aliphatic rings. The third-order valence-electron chi connectivity index (χ3n) is 4.14. The van der Waals surface area contributed by atoms with E-state index in [4.69, 9.17) is 0 Å². The first-order chi connectivity index (χ1) is 8.74. The molecule has 0 heterocycles. The van der Waals surface area contributed by atoms with Gasteiger partial charge in [-0.25, -0.2) is 0 Å². The number of Topliss-reactive ketones (excluding diaryl/α,β-unsaturated/α-hetero) is 2. The van der Waals surface area contributed by atoms with Gasteiger partial charge in [-0.15, -0.1) is 0 Å². The number of ketones is 2. The molecule has 92 valence electrons. The normalized spacial score (nSPS) is 22.8. The highest BCUT2D eigenvalue weighted by atomic mass is 16.1. The quantitative estimate of drug-likeness (QED) is 0.752. The van der Waals surface area contributed by atoms with Crippen molar-refractivity contribution in [1.82, 2.24) is 0 Å². The number of hydrogen-bond donors (Lipinski definition) is 0. The van der Waals surface area contributed by atoms with Crippen LogP contribution in [0.2, 0.25) is 0 Å². The molecule has 0 saturated heterocycles. The summed E-state index contributed by atoms with van der Waals surface area (Å²) in [6, 6.07) is 7.21. The molecule has 0 N–H and O–H groups in total. The molecule has 3 rings (SSSR count). The van der Waals surface area contributed by atoms with E-state index in [0.717, 1.165) is 36.8 Å². The largest absolute Gasteiger partial charge is 0.289 e. The Bertz CT molecular complexity index is 566. The molecule has 0 fully saturated rings. The minimum absolute atomic E-state index is 0.0818. The summed E-state index contributed by atoms with van der Waals surface area (Å²) < 4.78 is 0. The van der Waals surface area contributed by atoms with Gasteiger partial charge in [0, 0.05) is 22.3 Å². The van der Waals surface area contributed by atoms with Crippen molar-refractivity contribution in [2.75, 3.05) is 0 Å². The van der Waals surface area contributed by atoms with Gasteiger partial charge in [-0.1, -0.05) is 31.2 Å². The maximum absolute atomic E-state index is 12.6. The maximum atomic E-state index is 12.6. The molecule has 0 saturated carbocycles. The van der Waals surface area contributed by atoms with Crippen molar-refractivity contribution >= 4 is 11.6 Å². The summed E-state index contributed by atoms with van der Waals surface area (Å²) in [6.07, 6.45) is 3.78. The second kappa shape index (κ2) is 4.20. The molecule has 1 aromatic rings. The lowest BCUT2D eigenvalue weighted by Gasteiger charge is -2.30. The lowest BCUT2D eigenvalue weighted by Crippen LogP contribution is -2.28. The second-order valence-corrected chi connectivity index (χ2v) is 5.09. The molecular weight excluding hydrogens is 224 g/mol. The average Bonchev–Trinajstić information content (AvgIpc) is 2.44. The molecular formula is C16H16O2. The van der Waals surface area contributed by atoms with E-state index in [1.807, 2.05) is 12.1 Å². The minimum atomic E-state index is 0.0818. The van der Waals surface area contributed by atoms with Gasteiger partial charge < -0.3 is 0 Å². The van der Waals surface area contributed by atoms with E-state index >= 15 is 0 Å². The Labute approximate surface area is 107 Å². The lowest BCUT2D eigenvalue weighted by atomic mass is 9.72. The average molecular weight is 240 g/mol. The van der Waals surface area contributed by atoms with E-state index in [9.17, 15) is 9.59 Å². The molecule has 18 heavy (non-hydrogen) atoms. The van der Waals surface area contributed by atoms with Crippen molar-refractivity contribution in [3.05, 3.63) is 46.5 Å². The van der Waals surface area contributed by atoms with E-state index in [0.29, 0.717) is 11.1 Å². The standard InChI is InChI=1S/C16H16O2/c1-2-10-6-5-9-13-14(10)16(18)12-8-4-3-7-11(12)15(13)17/h3-4,7-8,10H,2,5-6,9H2,1H3. The van der Waals surface area contributed by atoms with Crippen LogP contribution in [0.15, 0.2) is 35.4 Å². The first-order valence-electron chi connectivity index (χ1n) is 6.65. The highest BCUT2D eigenvalue weighted by Gasteiger charge is 2.36. The number of allylic oxidation sites excluding steroid dienone is 2. The fraction of sp³-hybridized carbons (Fsp3) is 0.375. The third-order valence-corrected chi connectivity index (χ3v) is 4.14. The number of benzene rings is 1. The first kappa shape index (κ1) is 11.4. The minimum Gasteiger partial charge on any atom is -0.289 e. The Morgan fingerprint density at radius 1 is 1.11 bits per heavy atom. The highest BCUT2D eigenvalue weighted by molar-refractivity contribution is 6.27. The van der Waals surface area contributed by atoms with Crippen LogP contribution in [0.1, 0.15) is 53.3 Å². The van der Waals surface area contributed by atoms with Crippen LogP contribution in [0.3, 0.4) is 0 Å². The Morgan fingerprint density at radius 2 is 1.78 bits per heavy atom. The molecule has 0 bridgehead atoms. The van der Waals surface area contributed by atoms with Gasteiger partial charge in [0.15, 0.2) is 11.6 Å². The van der Waals surface area contributed by atoms with Gasteiger partial charge in [-0.2, -0.15) is 0 Å². The number of carbonyl (C=O) groups is 2. The smallest absolute Gasteiger partial charge is 0.190 e. The van der Waals surface area contributed by atoms with E-state index < -0.39 is 0 Å². The predicted molar refractivity (Wildman–Crippen MR) is 69.8 cm³/mol. The van der Waals surface area contributed by atoms with Crippen molar-refractivity contribution in [1.29, 1.82) is 0 Å². The summed E-state index contributed by atoms with van der Waals surface area (Å²) >= 11 is 0. The summed E-state index contributed by atoms with van der Waals surface area (Å²) in [5, 5.41) is 0. The maximum Gasteiger partial charge on any atom is 0.190 e. The molecule has 0 spiro atoms. The van der Waals surface area contributed by atoms with Crippen LogP contribution in [0, 0.1) is 5.92 Å². The van der Waals surface area contributed by atoms with E-state index in [1.165, 1.54) is 0 Å². The number of fused-ring (bicyclic) bond motifs is 1. The Hall–Kier alpha value is -1.70. The molecule has 0 aliphatic heterocycles. The van der Waals surface area contributed by atoms with Crippen molar-refractivity contribution in [3.63, 3.8) is 0 Å². The molecule has 2 aliphatic carbocycles. The molecule has 1 atom stereocenters. The summed E-state index contributed by atoms with van der Waals surface area (Å²) in [7, 11) is 0. The van der Waals surface area contributed by atoms with E-state index in [1.54, 1.807) is 12.1 Å². The molecule has 0 radical (unpaired) electrons. The van der Waals surface area contributed by atoms with Crippen LogP contribution in [-0.4, -0.2) is 11.6 Å². The number of carbonyl (C=O) groups excluding carboxylic acids is 2. The molecule has 1 aromatic carbocycles. The van der Waals surface area contributed by atoms with Crippen LogP contribution >= 0.6 is 0 Å². The Morgan fingerprint density at radius 3 is 2.44 bits per heavy atom. The highest BCUT2D eigenvalue weighted by Crippen LogP contribution is 2.39. The topological polar surface area (TPSA) is 34.1 Å². The van der Waals surface area contributed by atoms with Gasteiger partial charge in [-0.05, 0) is 31.6 Å². The summed E-state index contributed by atoms with van der Waals surface area (Å²) in [6.45, 7) is 2.10. The van der Waals surface area contributed by atoms with Crippen LogP contribution in [0.5, 0.6) is 0 Å². The molecule has 1 unspecified atom stereocenters. The molecule has 2 nitrogen and oxygen atoms in total. The molecule has 0 amide bonds. The van der Waals surface area contributed by atoms with Gasteiger partial charge in [-0.3, -0.25) is 9.59 Å². The van der Waals surface area contributed by atoms with Crippen molar-refractivity contribution in [2.45, 2.75) is 32.6 Å². The Kier molecular flexibility index (Phi) is 2.66. The van der Waals surface area contributed by atoms with Gasteiger partial charge in [0.1, 0.15) is 0 Å². The number of rotatable bonds is 1. The zero-order valence-corrected chi connectivity index (χ0v) is 10.5. The third kappa shape index (κ3) is 1.48. The molecule has 0 aromatic heterocycles. The van der Waals surface area contributed by atoms with Gasteiger partial charge in [0.25, 0.3) is 0 Å². The Balaban J connectivity index is 2.20. The fourth-order valence-corrected chi connectivity index (χ4v) is 3.20. The summed E-state index contributed by atoms with van der Waals surface area (Å²) in [5.41, 5.74) is 2.80. The lowest BCUT2D eigenvalue weighted by molar-refractivity contribution is 0.0954. The van der Waals surface area contributed by atoms with Crippen LogP contribution in [0.25, 0.3) is 0 Å². The van der Waals surface area contributed by atoms with E-state index in [2.05, 4.69) is 6.92 Å². The van der Waals surface area contributed by atoms with Crippen molar-refractivity contribution in [2.24, 2.45) is 5.92 Å². The monoisotopic (exact) mass is 240 g/mol. The zero-order chi connectivity index (χ0) is 12.7. The number of hydrogen-bond acceptors (Lipinski definition) is 2. The first-order valence-corrected chi connectivity index (χ1v) is 6.65. The predicted octanol–water partition coefficient (Wildman–Crippen LogP) is 3.57. The van der Waals surface area contributed by atoms with E-state index in [-0.39, 0.29) is 17.5 Å². The van der Waals surface area contributed by atoms with Crippen LogP contribution in [-0.2, 0) is 0 Å². The van der Waals surface area contributed by atoms with Crippen molar-refractivity contribution < 1.29 is 9.59 Å². The van der Waals surface area contributed by atoms with Gasteiger partial charge in [0.2, 0.25) is 0 Å². The van der Waals surface area contributed by atoms with Gasteiger partial charge >= 0.3 is 0 Å². The van der Waals surface area contributed by atoms with Crippen LogP contribution in [0.4, 0.5) is 0 Å². The summed E-state index contributed by atoms with van der Waals surface area (Å²) in [5.74, 6) is 0.448.